The zero-order valence-electron chi connectivity index (χ0n) is 15.1. The van der Waals surface area contributed by atoms with Gasteiger partial charge in [0, 0.05) is 23.5 Å². The molecule has 0 bridgehead atoms. The van der Waals surface area contributed by atoms with E-state index in [4.69, 9.17) is 0 Å². The lowest BCUT2D eigenvalue weighted by molar-refractivity contribution is -0.116. The van der Waals surface area contributed by atoms with Crippen molar-refractivity contribution in [3.63, 3.8) is 0 Å². The number of anilines is 1. The van der Waals surface area contributed by atoms with Crippen molar-refractivity contribution in [2.75, 3.05) is 5.32 Å². The molecule has 6 heteroatoms. The second-order valence-corrected chi connectivity index (χ2v) is 6.56. The monoisotopic (exact) mass is 337 g/mol. The number of aryl methyl sites for hydroxylation is 2. The molecule has 0 unspecified atom stereocenters. The Bertz CT molecular complexity index is 913. The van der Waals surface area contributed by atoms with E-state index in [1.165, 1.54) is 11.9 Å². The van der Waals surface area contributed by atoms with Crippen molar-refractivity contribution in [1.29, 1.82) is 0 Å². The smallest absolute Gasteiger partial charge is 0.252 e. The molecule has 1 N–H and O–H groups in total. The molecule has 1 amide bonds. The zero-order valence-corrected chi connectivity index (χ0v) is 15.1. The van der Waals surface area contributed by atoms with Gasteiger partial charge in [0.2, 0.25) is 5.91 Å². The highest BCUT2D eigenvalue weighted by atomic mass is 16.1. The number of hydrogen-bond acceptors (Lipinski definition) is 4. The number of carbonyl (C=O) groups is 1. The highest BCUT2D eigenvalue weighted by Crippen LogP contribution is 2.19. The van der Waals surface area contributed by atoms with Gasteiger partial charge in [0.05, 0.1) is 0 Å². The Kier molecular flexibility index (Phi) is 4.79. The average Bonchev–Trinajstić information content (AvgIpc) is 3.03. The van der Waals surface area contributed by atoms with E-state index >= 15 is 0 Å². The maximum atomic E-state index is 12.3. The van der Waals surface area contributed by atoms with Gasteiger partial charge in [0.15, 0.2) is 0 Å². The quantitative estimate of drug-likeness (QED) is 0.774. The molecule has 0 aliphatic rings. The van der Waals surface area contributed by atoms with E-state index in [2.05, 4.69) is 40.3 Å². The van der Waals surface area contributed by atoms with Gasteiger partial charge in [-0.1, -0.05) is 26.0 Å². The molecule has 2 heterocycles. The van der Waals surface area contributed by atoms with Crippen LogP contribution in [-0.4, -0.2) is 25.5 Å². The van der Waals surface area contributed by atoms with Crippen LogP contribution >= 0.6 is 0 Å². The zero-order chi connectivity index (χ0) is 18.0. The van der Waals surface area contributed by atoms with Gasteiger partial charge < -0.3 is 5.32 Å². The fraction of sp³-hybridized carbons (Fsp3) is 0.368. The highest BCUT2D eigenvalue weighted by Gasteiger charge is 2.13. The summed E-state index contributed by atoms with van der Waals surface area (Å²) in [5, 5.41) is 7.17. The van der Waals surface area contributed by atoms with Gasteiger partial charge in [-0.15, -0.1) is 0 Å². The van der Waals surface area contributed by atoms with Crippen LogP contribution in [0.2, 0.25) is 0 Å². The molecule has 0 atom stereocenters. The molecule has 0 spiro atoms. The van der Waals surface area contributed by atoms with Crippen LogP contribution in [0.3, 0.4) is 0 Å². The van der Waals surface area contributed by atoms with E-state index in [1.807, 2.05) is 32.0 Å². The normalized spacial score (nSPS) is 11.2. The number of nitrogens with one attached hydrogen (secondary N) is 1. The Hall–Kier alpha value is -2.76. The maximum Gasteiger partial charge on any atom is 0.252 e. The van der Waals surface area contributed by atoms with Gasteiger partial charge >= 0.3 is 0 Å². The number of nitrogens with zero attached hydrogens (tertiary/aromatic N) is 4. The Labute approximate surface area is 147 Å². The van der Waals surface area contributed by atoms with Crippen LogP contribution in [0.1, 0.15) is 48.7 Å². The molecule has 2 aromatic heterocycles. The minimum absolute atomic E-state index is 0.00149. The molecule has 0 saturated carbocycles. The van der Waals surface area contributed by atoms with Crippen molar-refractivity contribution in [1.82, 2.24) is 19.6 Å². The number of aromatic nitrogens is 4. The fourth-order valence-electron chi connectivity index (χ4n) is 2.95. The van der Waals surface area contributed by atoms with Crippen molar-refractivity contribution in [3.05, 3.63) is 53.1 Å². The Balaban J connectivity index is 1.69. The van der Waals surface area contributed by atoms with Gasteiger partial charge in [-0.25, -0.2) is 9.50 Å². The van der Waals surface area contributed by atoms with E-state index in [0.29, 0.717) is 24.5 Å². The minimum atomic E-state index is -0.00149. The molecule has 0 fully saturated rings. The molecule has 0 saturated heterocycles. The highest BCUT2D eigenvalue weighted by molar-refractivity contribution is 5.90. The predicted molar refractivity (Wildman–Crippen MR) is 97.7 cm³/mol. The molecule has 130 valence electrons. The summed E-state index contributed by atoms with van der Waals surface area (Å²) in [4.78, 5) is 20.9. The maximum absolute atomic E-state index is 12.3. The van der Waals surface area contributed by atoms with Crippen LogP contribution < -0.4 is 5.32 Å². The molecule has 0 aliphatic carbocycles. The second-order valence-electron chi connectivity index (χ2n) is 6.56. The summed E-state index contributed by atoms with van der Waals surface area (Å²) in [6.45, 7) is 8.20. The van der Waals surface area contributed by atoms with Crippen LogP contribution in [0, 0.1) is 13.8 Å². The molecule has 6 nitrogen and oxygen atoms in total. The molecule has 3 aromatic rings. The van der Waals surface area contributed by atoms with E-state index in [-0.39, 0.29) is 5.91 Å². The lowest BCUT2D eigenvalue weighted by atomic mass is 10.0. The van der Waals surface area contributed by atoms with Gasteiger partial charge in [-0.2, -0.15) is 10.1 Å². The van der Waals surface area contributed by atoms with Gasteiger partial charge in [-0.05, 0) is 49.4 Å². The van der Waals surface area contributed by atoms with Gasteiger partial charge in [-0.3, -0.25) is 4.79 Å². The van der Waals surface area contributed by atoms with Crippen LogP contribution in [-0.2, 0) is 11.2 Å². The SMILES string of the molecule is Cc1nc2ncnn2c(C)c1CCC(=O)Nc1cccc(C(C)C)c1. The van der Waals surface area contributed by atoms with Crippen LogP contribution in [0.5, 0.6) is 0 Å². The molecular formula is C19H23N5O. The first-order valence-electron chi connectivity index (χ1n) is 8.51. The molecule has 1 aromatic carbocycles. The standard InChI is InChI=1S/C19H23N5O/c1-12(2)15-6-5-7-16(10-15)23-18(25)9-8-17-13(3)22-19-20-11-21-24(19)14(17)4/h5-7,10-12H,8-9H2,1-4H3,(H,23,25). The lowest BCUT2D eigenvalue weighted by Gasteiger charge is -2.11. The van der Waals surface area contributed by atoms with E-state index in [1.54, 1.807) is 4.52 Å². The Morgan fingerprint density at radius 3 is 2.84 bits per heavy atom. The number of hydrogen-bond donors (Lipinski definition) is 1. The second kappa shape index (κ2) is 7.01. The first-order valence-corrected chi connectivity index (χ1v) is 8.51. The third-order valence-electron chi connectivity index (χ3n) is 4.43. The number of fused-ring (bicyclic) bond motifs is 1. The van der Waals surface area contributed by atoms with Crippen molar-refractivity contribution in [2.24, 2.45) is 0 Å². The average molecular weight is 337 g/mol. The molecule has 25 heavy (non-hydrogen) atoms. The topological polar surface area (TPSA) is 72.2 Å². The largest absolute Gasteiger partial charge is 0.326 e. The van der Waals surface area contributed by atoms with Crippen molar-refractivity contribution in [3.8, 4) is 0 Å². The molecular weight excluding hydrogens is 314 g/mol. The number of benzene rings is 1. The Morgan fingerprint density at radius 1 is 1.28 bits per heavy atom. The number of rotatable bonds is 5. The predicted octanol–water partition coefficient (Wildman–Crippen LogP) is 3.44. The van der Waals surface area contributed by atoms with E-state index in [9.17, 15) is 4.79 Å². The number of amides is 1. The first-order chi connectivity index (χ1) is 12.0. The van der Waals surface area contributed by atoms with Crippen molar-refractivity contribution in [2.45, 2.75) is 46.5 Å². The molecule has 0 aliphatic heterocycles. The summed E-state index contributed by atoms with van der Waals surface area (Å²) in [6, 6.07) is 8.00. The summed E-state index contributed by atoms with van der Waals surface area (Å²) in [5.74, 6) is 1.02. The van der Waals surface area contributed by atoms with E-state index in [0.717, 1.165) is 22.6 Å². The van der Waals surface area contributed by atoms with Gasteiger partial charge in [0.25, 0.3) is 5.78 Å². The van der Waals surface area contributed by atoms with Crippen LogP contribution in [0.4, 0.5) is 5.69 Å². The van der Waals surface area contributed by atoms with Crippen molar-refractivity contribution >= 4 is 17.4 Å². The van der Waals surface area contributed by atoms with Crippen LogP contribution in [0.25, 0.3) is 5.78 Å². The third-order valence-corrected chi connectivity index (χ3v) is 4.43. The molecule has 3 rings (SSSR count). The Morgan fingerprint density at radius 2 is 2.08 bits per heavy atom. The summed E-state index contributed by atoms with van der Waals surface area (Å²) in [7, 11) is 0. The van der Waals surface area contributed by atoms with E-state index < -0.39 is 0 Å². The minimum Gasteiger partial charge on any atom is -0.326 e. The summed E-state index contributed by atoms with van der Waals surface area (Å²) in [5.41, 5.74) is 4.98. The van der Waals surface area contributed by atoms with Gasteiger partial charge in [0.1, 0.15) is 6.33 Å². The first kappa shape index (κ1) is 17.1. The summed E-state index contributed by atoms with van der Waals surface area (Å²) in [6.07, 6.45) is 2.51. The number of carbonyl (C=O) groups excluding carboxylic acids is 1. The lowest BCUT2D eigenvalue weighted by Crippen LogP contribution is -2.14. The fourth-order valence-corrected chi connectivity index (χ4v) is 2.95. The third kappa shape index (κ3) is 3.68. The summed E-state index contributed by atoms with van der Waals surface area (Å²) < 4.78 is 1.71. The molecule has 0 radical (unpaired) electrons. The summed E-state index contributed by atoms with van der Waals surface area (Å²) >= 11 is 0. The van der Waals surface area contributed by atoms with Crippen molar-refractivity contribution < 1.29 is 4.79 Å². The van der Waals surface area contributed by atoms with Crippen LogP contribution in [0.15, 0.2) is 30.6 Å².